The number of carbonyl (C=O) groups is 2. The first-order valence-corrected chi connectivity index (χ1v) is 6.23. The van der Waals surface area contributed by atoms with Gasteiger partial charge in [0.2, 0.25) is 0 Å². The molecule has 2 rings (SSSR count). The van der Waals surface area contributed by atoms with Gasteiger partial charge >= 0.3 is 11.9 Å². The summed E-state index contributed by atoms with van der Waals surface area (Å²) in [6.45, 7) is 0. The predicted molar refractivity (Wildman–Crippen MR) is 76.6 cm³/mol. The third-order valence-electron chi connectivity index (χ3n) is 2.47. The highest BCUT2D eigenvalue weighted by Crippen LogP contribution is 2.17. The molecule has 0 aromatic heterocycles. The van der Waals surface area contributed by atoms with Crippen LogP contribution in [0.2, 0.25) is 0 Å². The highest BCUT2D eigenvalue weighted by Gasteiger charge is 2.04. The van der Waals surface area contributed by atoms with Crippen LogP contribution in [0.4, 0.5) is 0 Å². The van der Waals surface area contributed by atoms with Crippen LogP contribution in [0, 0.1) is 0 Å². The van der Waals surface area contributed by atoms with Crippen LogP contribution in [0.1, 0.15) is 0 Å². The maximum absolute atomic E-state index is 11.5. The van der Waals surface area contributed by atoms with Gasteiger partial charge < -0.3 is 19.7 Å². The summed E-state index contributed by atoms with van der Waals surface area (Å²) in [6, 6.07) is 11.1. The molecule has 22 heavy (non-hydrogen) atoms. The van der Waals surface area contributed by atoms with Crippen LogP contribution in [-0.2, 0) is 9.59 Å². The summed E-state index contributed by atoms with van der Waals surface area (Å²) in [5.41, 5.74) is 0. The van der Waals surface area contributed by atoms with Crippen LogP contribution in [0.5, 0.6) is 23.0 Å². The molecule has 2 aromatic carbocycles. The van der Waals surface area contributed by atoms with Gasteiger partial charge in [-0.2, -0.15) is 0 Å². The van der Waals surface area contributed by atoms with E-state index in [0.717, 1.165) is 12.2 Å². The Hall–Kier alpha value is -3.28. The van der Waals surface area contributed by atoms with E-state index in [-0.39, 0.29) is 23.0 Å². The Bertz CT molecular complexity index is 624. The normalized spacial score (nSPS) is 10.4. The molecule has 0 aliphatic rings. The smallest absolute Gasteiger partial charge is 0.336 e. The number of rotatable bonds is 4. The van der Waals surface area contributed by atoms with E-state index in [4.69, 9.17) is 19.7 Å². The van der Waals surface area contributed by atoms with E-state index in [1.54, 1.807) is 0 Å². The van der Waals surface area contributed by atoms with E-state index in [1.807, 2.05) is 0 Å². The zero-order valence-electron chi connectivity index (χ0n) is 11.3. The van der Waals surface area contributed by atoms with Crippen molar-refractivity contribution < 1.29 is 29.3 Å². The van der Waals surface area contributed by atoms with Crippen LogP contribution in [0.25, 0.3) is 0 Å². The number of ether oxygens (including phenoxy) is 2. The standard InChI is InChI=1S/C16H12O6/c17-11-1-5-13(6-2-11)21-15(19)9-10-16(20)22-14-7-3-12(18)4-8-14/h1-10,17-18H/b10-9+. The number of benzene rings is 2. The average molecular weight is 300 g/mol. The largest absolute Gasteiger partial charge is 0.508 e. The predicted octanol–water partition coefficient (Wildman–Crippen LogP) is 2.17. The summed E-state index contributed by atoms with van der Waals surface area (Å²) in [4.78, 5) is 23.0. The van der Waals surface area contributed by atoms with Crippen LogP contribution in [-0.4, -0.2) is 22.2 Å². The second-order valence-corrected chi connectivity index (χ2v) is 4.16. The molecule has 6 nitrogen and oxygen atoms in total. The van der Waals surface area contributed by atoms with Crippen LogP contribution < -0.4 is 9.47 Å². The molecule has 0 aliphatic carbocycles. The highest BCUT2D eigenvalue weighted by atomic mass is 16.5. The molecule has 0 heterocycles. The first-order valence-electron chi connectivity index (χ1n) is 6.23. The molecule has 2 aromatic rings. The average Bonchev–Trinajstić information content (AvgIpc) is 2.50. The van der Waals surface area contributed by atoms with Crippen molar-refractivity contribution in [3.63, 3.8) is 0 Å². The first-order chi connectivity index (χ1) is 10.5. The number of esters is 2. The van der Waals surface area contributed by atoms with Gasteiger partial charge in [0.05, 0.1) is 0 Å². The molecule has 0 spiro atoms. The second-order valence-electron chi connectivity index (χ2n) is 4.16. The van der Waals surface area contributed by atoms with Gasteiger partial charge in [0, 0.05) is 12.2 Å². The minimum absolute atomic E-state index is 0.0489. The molecule has 0 atom stereocenters. The Labute approximate surface area is 125 Å². The third kappa shape index (κ3) is 4.68. The molecule has 0 aliphatic heterocycles. The van der Waals surface area contributed by atoms with Crippen molar-refractivity contribution in [1.82, 2.24) is 0 Å². The number of hydrogen-bond donors (Lipinski definition) is 2. The monoisotopic (exact) mass is 300 g/mol. The van der Waals surface area contributed by atoms with Crippen molar-refractivity contribution in [2.75, 3.05) is 0 Å². The maximum atomic E-state index is 11.5. The molecule has 6 heteroatoms. The fraction of sp³-hybridized carbons (Fsp3) is 0. The summed E-state index contributed by atoms with van der Waals surface area (Å²) in [5, 5.41) is 18.2. The van der Waals surface area contributed by atoms with E-state index < -0.39 is 11.9 Å². The fourth-order valence-electron chi connectivity index (χ4n) is 1.46. The van der Waals surface area contributed by atoms with Crippen LogP contribution in [0.3, 0.4) is 0 Å². The maximum Gasteiger partial charge on any atom is 0.336 e. The Morgan fingerprint density at radius 3 is 1.32 bits per heavy atom. The Morgan fingerprint density at radius 1 is 0.682 bits per heavy atom. The lowest BCUT2D eigenvalue weighted by Gasteiger charge is -2.02. The fourth-order valence-corrected chi connectivity index (χ4v) is 1.46. The summed E-state index contributed by atoms with van der Waals surface area (Å²) in [6.07, 6.45) is 1.85. The SMILES string of the molecule is O=C(/C=C/C(=O)Oc1ccc(O)cc1)Oc1ccc(O)cc1. The van der Waals surface area contributed by atoms with Gasteiger partial charge in [-0.1, -0.05) is 0 Å². The number of phenols is 2. The second kappa shape index (κ2) is 6.94. The molecular formula is C16H12O6. The lowest BCUT2D eigenvalue weighted by molar-refractivity contribution is -0.131. The van der Waals surface area contributed by atoms with E-state index in [1.165, 1.54) is 48.5 Å². The number of hydrogen-bond acceptors (Lipinski definition) is 6. The molecule has 112 valence electrons. The van der Waals surface area contributed by atoms with E-state index in [2.05, 4.69) is 0 Å². The summed E-state index contributed by atoms with van der Waals surface area (Å²) < 4.78 is 9.82. The Morgan fingerprint density at radius 2 is 1.00 bits per heavy atom. The molecule has 0 fully saturated rings. The van der Waals surface area contributed by atoms with Gasteiger partial charge in [0.25, 0.3) is 0 Å². The van der Waals surface area contributed by atoms with Crippen molar-refractivity contribution in [2.45, 2.75) is 0 Å². The Kier molecular flexibility index (Phi) is 4.77. The summed E-state index contributed by atoms with van der Waals surface area (Å²) >= 11 is 0. The van der Waals surface area contributed by atoms with Gasteiger partial charge in [-0.15, -0.1) is 0 Å². The van der Waals surface area contributed by atoms with Crippen molar-refractivity contribution in [2.24, 2.45) is 0 Å². The molecule has 0 bridgehead atoms. The van der Waals surface area contributed by atoms with Crippen molar-refractivity contribution in [3.8, 4) is 23.0 Å². The Balaban J connectivity index is 1.87. The summed E-state index contributed by atoms with van der Waals surface area (Å²) in [5.74, 6) is -0.943. The van der Waals surface area contributed by atoms with Gasteiger partial charge in [0.1, 0.15) is 23.0 Å². The lowest BCUT2D eigenvalue weighted by Crippen LogP contribution is -2.08. The molecule has 0 unspecified atom stereocenters. The molecule has 0 saturated heterocycles. The lowest BCUT2D eigenvalue weighted by atomic mass is 10.3. The van der Waals surface area contributed by atoms with Crippen molar-refractivity contribution >= 4 is 11.9 Å². The minimum Gasteiger partial charge on any atom is -0.508 e. The molecule has 2 N–H and O–H groups in total. The quantitative estimate of drug-likeness (QED) is 0.510. The van der Waals surface area contributed by atoms with Crippen LogP contribution in [0.15, 0.2) is 60.7 Å². The third-order valence-corrected chi connectivity index (χ3v) is 2.47. The van der Waals surface area contributed by atoms with Gasteiger partial charge in [-0.25, -0.2) is 9.59 Å². The number of carbonyl (C=O) groups excluding carboxylic acids is 2. The highest BCUT2D eigenvalue weighted by molar-refractivity contribution is 5.93. The summed E-state index contributed by atoms with van der Waals surface area (Å²) in [7, 11) is 0. The minimum atomic E-state index is -0.756. The zero-order valence-corrected chi connectivity index (χ0v) is 11.3. The molecule has 0 saturated carbocycles. The van der Waals surface area contributed by atoms with Crippen molar-refractivity contribution in [3.05, 3.63) is 60.7 Å². The molecular weight excluding hydrogens is 288 g/mol. The van der Waals surface area contributed by atoms with E-state index in [0.29, 0.717) is 0 Å². The van der Waals surface area contributed by atoms with Crippen molar-refractivity contribution in [1.29, 1.82) is 0 Å². The van der Waals surface area contributed by atoms with Crippen LogP contribution >= 0.6 is 0 Å². The topological polar surface area (TPSA) is 93.1 Å². The molecule has 0 radical (unpaired) electrons. The van der Waals surface area contributed by atoms with Gasteiger partial charge in [-0.05, 0) is 48.5 Å². The number of phenolic OH excluding ortho intramolecular Hbond substituents is 2. The zero-order chi connectivity index (χ0) is 15.9. The molecule has 0 amide bonds. The first kappa shape index (κ1) is 15.1. The van der Waals surface area contributed by atoms with Gasteiger partial charge in [0.15, 0.2) is 0 Å². The van der Waals surface area contributed by atoms with E-state index in [9.17, 15) is 9.59 Å². The van der Waals surface area contributed by atoms with Gasteiger partial charge in [-0.3, -0.25) is 0 Å². The number of aromatic hydroxyl groups is 2. The van der Waals surface area contributed by atoms with E-state index >= 15 is 0 Å².